The highest BCUT2D eigenvalue weighted by Crippen LogP contribution is 2.43. The fraction of sp³-hybridized carbons (Fsp3) is 0.302. The lowest BCUT2D eigenvalue weighted by atomic mass is 9.65. The molecule has 1 heteroatoms. The van der Waals surface area contributed by atoms with Gasteiger partial charge in [-0.3, -0.25) is 0 Å². The van der Waals surface area contributed by atoms with E-state index in [2.05, 4.69) is 185 Å². The highest BCUT2D eigenvalue weighted by Gasteiger charge is 2.35. The summed E-state index contributed by atoms with van der Waals surface area (Å²) in [7, 11) is 0. The largest absolute Gasteiger partial charge is 0.344 e. The molecule has 2 aromatic rings. The maximum absolute atomic E-state index is 2.43. The van der Waals surface area contributed by atoms with Crippen LogP contribution in [0.1, 0.15) is 70.6 Å². The third kappa shape index (κ3) is 9.45. The monoisotopic (exact) mass is 583 g/mol. The van der Waals surface area contributed by atoms with Crippen LogP contribution in [0, 0.1) is 12.8 Å². The van der Waals surface area contributed by atoms with E-state index in [-0.39, 0.29) is 5.41 Å². The Kier molecular flexibility index (Phi) is 14.5. The summed E-state index contributed by atoms with van der Waals surface area (Å²) in [6, 6.07) is 17.7. The molecule has 0 bridgehead atoms. The number of aryl methyl sites for hydroxylation is 1. The first-order chi connectivity index (χ1) is 21.5. The van der Waals surface area contributed by atoms with Gasteiger partial charge in [-0.15, -0.1) is 0 Å². The maximum Gasteiger partial charge on any atom is 0.0444 e. The summed E-state index contributed by atoms with van der Waals surface area (Å²) in [5, 5.41) is 0. The van der Waals surface area contributed by atoms with E-state index in [1.54, 1.807) is 0 Å². The lowest BCUT2D eigenvalue weighted by Crippen LogP contribution is -2.33. The fourth-order valence-corrected chi connectivity index (χ4v) is 6.06. The third-order valence-corrected chi connectivity index (χ3v) is 8.57. The predicted molar refractivity (Wildman–Crippen MR) is 196 cm³/mol. The van der Waals surface area contributed by atoms with Crippen molar-refractivity contribution >= 4 is 5.69 Å². The van der Waals surface area contributed by atoms with Crippen molar-refractivity contribution < 1.29 is 0 Å². The van der Waals surface area contributed by atoms with Crippen molar-refractivity contribution in [3.63, 3.8) is 0 Å². The van der Waals surface area contributed by atoms with Crippen LogP contribution < -0.4 is 4.90 Å². The minimum atomic E-state index is -0.0498. The second-order valence-corrected chi connectivity index (χ2v) is 11.5. The topological polar surface area (TPSA) is 3.24 Å². The standard InChI is InChI=1S/C43H53N/c1-7-11-14-19-32-43(37(6)24-13-9-3,41-28-17-15-23-36(41)5)33-21-26-38(10-4)39-27-22-35-44(34-20-12-8-2)42-29-18-16-25-40(42)31-30-39/h7-8,10-30,34,37H,9,31-33,35H2,1-6H3/b11-7-,12-8-,19-14-,24-13-,26-21-,27-22-,34-20-,38-10+,39-30+. The van der Waals surface area contributed by atoms with Gasteiger partial charge in [0.1, 0.15) is 0 Å². The molecule has 1 aliphatic rings. The molecule has 0 N–H and O–H groups in total. The number of nitrogens with zero attached hydrogens (tertiary/aromatic N) is 1. The van der Waals surface area contributed by atoms with E-state index in [1.165, 1.54) is 33.5 Å². The molecule has 1 aliphatic heterocycles. The van der Waals surface area contributed by atoms with E-state index < -0.39 is 0 Å². The second-order valence-electron chi connectivity index (χ2n) is 11.5. The van der Waals surface area contributed by atoms with Gasteiger partial charge >= 0.3 is 0 Å². The van der Waals surface area contributed by atoms with Crippen LogP contribution in [-0.2, 0) is 11.8 Å². The lowest BCUT2D eigenvalue weighted by molar-refractivity contribution is 0.339. The minimum absolute atomic E-state index is 0.0498. The zero-order chi connectivity index (χ0) is 31.6. The molecule has 1 nitrogen and oxygen atoms in total. The summed E-state index contributed by atoms with van der Waals surface area (Å²) < 4.78 is 0. The Labute approximate surface area is 268 Å². The summed E-state index contributed by atoms with van der Waals surface area (Å²) in [4.78, 5) is 2.33. The molecule has 2 unspecified atom stereocenters. The first-order valence-electron chi connectivity index (χ1n) is 16.3. The van der Waals surface area contributed by atoms with E-state index >= 15 is 0 Å². The molecule has 3 rings (SSSR count). The first kappa shape index (κ1) is 34.4. The van der Waals surface area contributed by atoms with Crippen LogP contribution in [0.15, 0.2) is 157 Å². The van der Waals surface area contributed by atoms with E-state index in [0.29, 0.717) is 5.92 Å². The molecule has 1 heterocycles. The highest BCUT2D eigenvalue weighted by atomic mass is 15.1. The smallest absolute Gasteiger partial charge is 0.0444 e. The van der Waals surface area contributed by atoms with E-state index in [9.17, 15) is 0 Å². The van der Waals surface area contributed by atoms with Crippen molar-refractivity contribution in [3.8, 4) is 0 Å². The van der Waals surface area contributed by atoms with Gasteiger partial charge in [0.15, 0.2) is 0 Å². The average Bonchev–Trinajstić information content (AvgIpc) is 3.13. The van der Waals surface area contributed by atoms with Crippen LogP contribution in [0.3, 0.4) is 0 Å². The third-order valence-electron chi connectivity index (χ3n) is 8.57. The van der Waals surface area contributed by atoms with Gasteiger partial charge in [-0.2, -0.15) is 0 Å². The van der Waals surface area contributed by atoms with Gasteiger partial charge in [-0.25, -0.2) is 0 Å². The number of hydrogen-bond acceptors (Lipinski definition) is 1. The molecule has 44 heavy (non-hydrogen) atoms. The molecule has 2 aromatic carbocycles. The highest BCUT2D eigenvalue weighted by molar-refractivity contribution is 5.59. The Bertz CT molecular complexity index is 1450. The first-order valence-corrected chi connectivity index (χ1v) is 16.3. The summed E-state index contributed by atoms with van der Waals surface area (Å²) in [5.41, 5.74) is 7.87. The van der Waals surface area contributed by atoms with Gasteiger partial charge < -0.3 is 4.90 Å². The molecule has 0 radical (unpaired) electrons. The molecule has 0 aliphatic carbocycles. The van der Waals surface area contributed by atoms with Crippen LogP contribution in [0.4, 0.5) is 5.69 Å². The molecular formula is C43H53N. The van der Waals surface area contributed by atoms with Crippen molar-refractivity contribution in [1.82, 2.24) is 0 Å². The van der Waals surface area contributed by atoms with Crippen molar-refractivity contribution in [2.24, 2.45) is 5.92 Å². The normalized spacial score (nSPS) is 19.0. The van der Waals surface area contributed by atoms with E-state index in [0.717, 1.165) is 32.2 Å². The summed E-state index contributed by atoms with van der Waals surface area (Å²) >= 11 is 0. The second kappa shape index (κ2) is 18.5. The molecule has 0 amide bonds. The quantitative estimate of drug-likeness (QED) is 0.167. The van der Waals surface area contributed by atoms with Crippen molar-refractivity contribution in [1.29, 1.82) is 0 Å². The van der Waals surface area contributed by atoms with Gasteiger partial charge in [-0.1, -0.05) is 141 Å². The van der Waals surface area contributed by atoms with E-state index in [4.69, 9.17) is 0 Å². The lowest BCUT2D eigenvalue weighted by Gasteiger charge is -2.39. The number of benzene rings is 2. The van der Waals surface area contributed by atoms with Gasteiger partial charge in [0.2, 0.25) is 0 Å². The maximum atomic E-state index is 2.43. The van der Waals surface area contributed by atoms with Gasteiger partial charge in [0, 0.05) is 23.8 Å². The zero-order valence-electron chi connectivity index (χ0n) is 27.9. The average molecular weight is 584 g/mol. The van der Waals surface area contributed by atoms with Crippen molar-refractivity contribution in [2.75, 3.05) is 11.4 Å². The molecule has 0 fully saturated rings. The Morgan fingerprint density at radius 3 is 2.36 bits per heavy atom. The van der Waals surface area contributed by atoms with Crippen LogP contribution in [0.2, 0.25) is 0 Å². The number of anilines is 1. The molecular weight excluding hydrogens is 530 g/mol. The summed E-state index contributed by atoms with van der Waals surface area (Å²) in [6.45, 7) is 14.0. The van der Waals surface area contributed by atoms with Crippen LogP contribution in [-0.4, -0.2) is 6.54 Å². The number of para-hydroxylation sites is 1. The van der Waals surface area contributed by atoms with Crippen LogP contribution in [0.25, 0.3) is 0 Å². The van der Waals surface area contributed by atoms with E-state index in [1.807, 2.05) is 6.92 Å². The van der Waals surface area contributed by atoms with Crippen molar-refractivity contribution in [3.05, 3.63) is 174 Å². The van der Waals surface area contributed by atoms with Crippen molar-refractivity contribution in [2.45, 2.75) is 72.6 Å². The van der Waals surface area contributed by atoms with Gasteiger partial charge in [0.05, 0.1) is 0 Å². The minimum Gasteiger partial charge on any atom is -0.344 e. The fourth-order valence-electron chi connectivity index (χ4n) is 6.06. The number of rotatable bonds is 13. The molecule has 0 saturated carbocycles. The number of fused-ring (bicyclic) bond motifs is 1. The van der Waals surface area contributed by atoms with Gasteiger partial charge in [-0.05, 0) is 99.3 Å². The summed E-state index contributed by atoms with van der Waals surface area (Å²) in [5.74, 6) is 0.375. The van der Waals surface area contributed by atoms with Gasteiger partial charge in [0.25, 0.3) is 0 Å². The molecule has 0 saturated heterocycles. The Hall–Kier alpha value is -4.10. The molecule has 230 valence electrons. The predicted octanol–water partition coefficient (Wildman–Crippen LogP) is 11.9. The number of hydrogen-bond donors (Lipinski definition) is 0. The van der Waals surface area contributed by atoms with Crippen LogP contribution in [0.5, 0.6) is 0 Å². The Morgan fingerprint density at radius 1 is 0.886 bits per heavy atom. The summed E-state index contributed by atoms with van der Waals surface area (Å²) in [6.07, 6.45) is 39.8. The number of allylic oxidation sites excluding steroid dienone is 16. The SMILES string of the molecule is C/C=C\C=C/CC(C\C=C/C(=C\C)C1=C/Cc2ccccc2N(/C=C\C=C/C)C/C=C\1)(c1ccccc1C)C(C)/C=C\CC. The zero-order valence-corrected chi connectivity index (χ0v) is 27.9. The molecule has 0 aromatic heterocycles. The molecule has 0 spiro atoms. The van der Waals surface area contributed by atoms with Crippen LogP contribution >= 0.6 is 0 Å². The molecule has 2 atom stereocenters. The Balaban J connectivity index is 1.99. The Morgan fingerprint density at radius 2 is 1.61 bits per heavy atom.